The van der Waals surface area contributed by atoms with Crippen LogP contribution in [0.1, 0.15) is 77.6 Å². The van der Waals surface area contributed by atoms with Gasteiger partial charge in [0.25, 0.3) is 0 Å². The Bertz CT molecular complexity index is 316. The van der Waals surface area contributed by atoms with Crippen molar-refractivity contribution in [2.45, 2.75) is 87.6 Å². The van der Waals surface area contributed by atoms with Gasteiger partial charge in [0.2, 0.25) is 0 Å². The van der Waals surface area contributed by atoms with Gasteiger partial charge in [0.1, 0.15) is 6.17 Å². The molecule has 3 unspecified atom stereocenters. The molecule has 3 saturated carbocycles. The van der Waals surface area contributed by atoms with Crippen LogP contribution < -0.4 is 0 Å². The highest BCUT2D eigenvalue weighted by molar-refractivity contribution is 14.1. The maximum absolute atomic E-state index is 14.8. The predicted octanol–water partition coefficient (Wildman–Crippen LogP) is 6.56. The van der Waals surface area contributed by atoms with E-state index in [4.69, 9.17) is 0 Å². The minimum absolute atomic E-state index is 0.412. The first-order valence-corrected chi connectivity index (χ1v) is 10.7. The molecule has 2 heteroatoms. The van der Waals surface area contributed by atoms with Crippen molar-refractivity contribution >= 4 is 22.6 Å². The van der Waals surface area contributed by atoms with E-state index in [0.717, 1.165) is 22.2 Å². The minimum Gasteiger partial charge on any atom is -0.247 e. The van der Waals surface area contributed by atoms with E-state index in [1.54, 1.807) is 0 Å². The smallest absolute Gasteiger partial charge is 0.103 e. The van der Waals surface area contributed by atoms with Gasteiger partial charge in [-0.05, 0) is 87.4 Å². The van der Waals surface area contributed by atoms with E-state index in [1.165, 1.54) is 64.2 Å². The Morgan fingerprint density at radius 2 is 1.29 bits per heavy atom. The Morgan fingerprint density at radius 3 is 1.90 bits per heavy atom. The third kappa shape index (κ3) is 4.14. The van der Waals surface area contributed by atoms with Crippen LogP contribution in [0.2, 0.25) is 0 Å². The number of halogens is 2. The summed E-state index contributed by atoms with van der Waals surface area (Å²) in [7, 11) is 0. The summed E-state index contributed by atoms with van der Waals surface area (Å²) in [6.45, 7) is 2.36. The molecule has 0 aromatic heterocycles. The van der Waals surface area contributed by atoms with Gasteiger partial charge in [-0.3, -0.25) is 0 Å². The van der Waals surface area contributed by atoms with Crippen molar-refractivity contribution in [1.82, 2.24) is 0 Å². The quantitative estimate of drug-likeness (QED) is 0.360. The Hall–Kier alpha value is 0.660. The van der Waals surface area contributed by atoms with E-state index in [2.05, 4.69) is 29.5 Å². The SMILES string of the molecule is CC1CCC(C2CCC(C3CCC(I)CC3)CC2F)CC1. The van der Waals surface area contributed by atoms with E-state index in [0.29, 0.717) is 17.8 Å². The van der Waals surface area contributed by atoms with Gasteiger partial charge in [-0.15, -0.1) is 0 Å². The average Bonchev–Trinajstić information content (AvgIpc) is 2.49. The molecule has 0 heterocycles. The maximum Gasteiger partial charge on any atom is 0.103 e. The van der Waals surface area contributed by atoms with E-state index >= 15 is 0 Å². The van der Waals surface area contributed by atoms with Gasteiger partial charge >= 0.3 is 0 Å². The van der Waals surface area contributed by atoms with Crippen molar-refractivity contribution in [3.8, 4) is 0 Å². The molecule has 0 aromatic rings. The summed E-state index contributed by atoms with van der Waals surface area (Å²) >= 11 is 2.60. The van der Waals surface area contributed by atoms with Gasteiger partial charge in [-0.1, -0.05) is 42.4 Å². The summed E-state index contributed by atoms with van der Waals surface area (Å²) in [5, 5.41) is 0. The lowest BCUT2D eigenvalue weighted by Gasteiger charge is -2.42. The van der Waals surface area contributed by atoms with Crippen LogP contribution in [0, 0.1) is 29.6 Å². The van der Waals surface area contributed by atoms with Crippen LogP contribution in [0.25, 0.3) is 0 Å². The summed E-state index contributed by atoms with van der Waals surface area (Å²) in [5.74, 6) is 3.57. The van der Waals surface area contributed by atoms with Crippen molar-refractivity contribution < 1.29 is 4.39 Å². The van der Waals surface area contributed by atoms with E-state index < -0.39 is 6.17 Å². The van der Waals surface area contributed by atoms with Gasteiger partial charge in [0, 0.05) is 3.92 Å². The van der Waals surface area contributed by atoms with Crippen molar-refractivity contribution in [3.63, 3.8) is 0 Å². The Labute approximate surface area is 144 Å². The van der Waals surface area contributed by atoms with Crippen LogP contribution in [-0.2, 0) is 0 Å². The first-order chi connectivity index (χ1) is 10.1. The molecule has 3 aliphatic carbocycles. The van der Waals surface area contributed by atoms with Crippen molar-refractivity contribution in [2.75, 3.05) is 0 Å². The molecule has 122 valence electrons. The molecule has 0 saturated heterocycles. The maximum atomic E-state index is 14.8. The Kier molecular flexibility index (Phi) is 5.89. The molecule has 3 rings (SSSR count). The number of hydrogen-bond acceptors (Lipinski definition) is 0. The van der Waals surface area contributed by atoms with Crippen molar-refractivity contribution in [3.05, 3.63) is 0 Å². The number of rotatable bonds is 2. The summed E-state index contributed by atoms with van der Waals surface area (Å²) in [5.41, 5.74) is 0. The van der Waals surface area contributed by atoms with Gasteiger partial charge in [-0.2, -0.15) is 0 Å². The van der Waals surface area contributed by atoms with Crippen molar-refractivity contribution in [2.24, 2.45) is 29.6 Å². The zero-order chi connectivity index (χ0) is 14.8. The fourth-order valence-electron chi connectivity index (χ4n) is 5.39. The number of hydrogen-bond donors (Lipinski definition) is 0. The highest BCUT2D eigenvalue weighted by Crippen LogP contribution is 2.46. The van der Waals surface area contributed by atoms with Crippen LogP contribution in [0.3, 0.4) is 0 Å². The lowest BCUT2D eigenvalue weighted by Crippen LogP contribution is -2.36. The second kappa shape index (κ2) is 7.49. The Morgan fingerprint density at radius 1 is 0.714 bits per heavy atom. The van der Waals surface area contributed by atoms with Gasteiger partial charge < -0.3 is 0 Å². The number of alkyl halides is 2. The predicted molar refractivity (Wildman–Crippen MR) is 96.6 cm³/mol. The first kappa shape index (κ1) is 16.5. The van der Waals surface area contributed by atoms with E-state index in [-0.39, 0.29) is 0 Å². The molecule has 0 amide bonds. The largest absolute Gasteiger partial charge is 0.247 e. The van der Waals surface area contributed by atoms with E-state index in [1.807, 2.05) is 0 Å². The summed E-state index contributed by atoms with van der Waals surface area (Å²) < 4.78 is 15.7. The monoisotopic (exact) mass is 406 g/mol. The molecule has 0 bridgehead atoms. The topological polar surface area (TPSA) is 0 Å². The molecular weight excluding hydrogens is 374 g/mol. The molecule has 0 aromatic carbocycles. The lowest BCUT2D eigenvalue weighted by atomic mass is 9.65. The summed E-state index contributed by atoms with van der Waals surface area (Å²) in [6.07, 6.45) is 13.7. The second-order valence-electron chi connectivity index (χ2n) is 8.28. The molecule has 3 fully saturated rings. The molecule has 21 heavy (non-hydrogen) atoms. The van der Waals surface area contributed by atoms with Gasteiger partial charge in [0.15, 0.2) is 0 Å². The van der Waals surface area contributed by atoms with Crippen LogP contribution in [0.15, 0.2) is 0 Å². The fraction of sp³-hybridized carbons (Fsp3) is 1.00. The summed E-state index contributed by atoms with van der Waals surface area (Å²) in [4.78, 5) is 0. The standard InChI is InChI=1S/C19H32FI/c1-13-2-4-15(5-3-13)18-11-8-16(12-19(18)20)14-6-9-17(21)10-7-14/h13-19H,2-12H2,1H3. The molecule has 0 N–H and O–H groups in total. The average molecular weight is 406 g/mol. The van der Waals surface area contributed by atoms with Crippen molar-refractivity contribution in [1.29, 1.82) is 0 Å². The first-order valence-electron chi connectivity index (χ1n) is 9.41. The Balaban J connectivity index is 1.50. The van der Waals surface area contributed by atoms with Crippen LogP contribution >= 0.6 is 22.6 Å². The molecule has 0 aliphatic heterocycles. The molecule has 3 atom stereocenters. The third-order valence-corrected chi connectivity index (χ3v) is 8.14. The molecule has 0 radical (unpaired) electrons. The third-order valence-electron chi connectivity index (χ3n) is 6.90. The van der Waals surface area contributed by atoms with Gasteiger partial charge in [0.05, 0.1) is 0 Å². The van der Waals surface area contributed by atoms with E-state index in [9.17, 15) is 4.39 Å². The van der Waals surface area contributed by atoms with Gasteiger partial charge in [-0.25, -0.2) is 4.39 Å². The highest BCUT2D eigenvalue weighted by Gasteiger charge is 2.39. The summed E-state index contributed by atoms with van der Waals surface area (Å²) in [6, 6.07) is 0. The zero-order valence-electron chi connectivity index (χ0n) is 13.6. The minimum atomic E-state index is -0.487. The van der Waals surface area contributed by atoms with Crippen LogP contribution in [0.5, 0.6) is 0 Å². The molecule has 0 nitrogen and oxygen atoms in total. The van der Waals surface area contributed by atoms with Crippen LogP contribution in [-0.4, -0.2) is 10.1 Å². The zero-order valence-corrected chi connectivity index (χ0v) is 15.7. The fourth-order valence-corrected chi connectivity index (χ4v) is 6.11. The normalized spacial score (nSPS) is 49.0. The lowest BCUT2D eigenvalue weighted by molar-refractivity contribution is 0.0381. The molecule has 0 spiro atoms. The highest BCUT2D eigenvalue weighted by atomic mass is 127. The molecular formula is C19H32FI. The second-order valence-corrected chi connectivity index (χ2v) is 10.0. The van der Waals surface area contributed by atoms with Crippen LogP contribution in [0.4, 0.5) is 4.39 Å². The molecule has 3 aliphatic rings.